The average molecular weight is 452 g/mol. The predicted octanol–water partition coefficient (Wildman–Crippen LogP) is 3.38. The van der Waals surface area contributed by atoms with Crippen molar-refractivity contribution in [1.29, 1.82) is 0 Å². The van der Waals surface area contributed by atoms with Gasteiger partial charge in [-0.1, -0.05) is 23.2 Å². The maximum atomic E-state index is 12.7. The molecule has 1 aliphatic rings. The lowest BCUT2D eigenvalue weighted by atomic mass is 10.1. The summed E-state index contributed by atoms with van der Waals surface area (Å²) < 4.78 is 15.1. The average Bonchev–Trinajstić information content (AvgIpc) is 2.97. The van der Waals surface area contributed by atoms with Crippen LogP contribution in [0.25, 0.3) is 0 Å². The van der Waals surface area contributed by atoms with Crippen molar-refractivity contribution in [1.82, 2.24) is 4.90 Å². The van der Waals surface area contributed by atoms with Gasteiger partial charge in [0.25, 0.3) is 11.8 Å². The van der Waals surface area contributed by atoms with Crippen molar-refractivity contribution in [2.45, 2.75) is 13.0 Å². The molecular formula is C20H15Cl2NO7. The number of methoxy groups -OCH3 is 2. The fourth-order valence-electron chi connectivity index (χ4n) is 2.90. The van der Waals surface area contributed by atoms with E-state index in [2.05, 4.69) is 4.74 Å². The Morgan fingerprint density at radius 2 is 1.50 bits per heavy atom. The Morgan fingerprint density at radius 1 is 0.933 bits per heavy atom. The van der Waals surface area contributed by atoms with Crippen LogP contribution >= 0.6 is 23.2 Å². The van der Waals surface area contributed by atoms with Crippen LogP contribution in [0.1, 0.15) is 38.0 Å². The maximum absolute atomic E-state index is 12.7. The van der Waals surface area contributed by atoms with Crippen LogP contribution in [0.3, 0.4) is 0 Å². The summed E-state index contributed by atoms with van der Waals surface area (Å²) in [5.74, 6) is -2.75. The fraction of sp³-hybridized carbons (Fsp3) is 0.200. The van der Waals surface area contributed by atoms with Crippen LogP contribution in [0.5, 0.6) is 11.5 Å². The van der Waals surface area contributed by atoms with Gasteiger partial charge in [-0.3, -0.25) is 14.5 Å². The highest BCUT2D eigenvalue weighted by molar-refractivity contribution is 6.43. The lowest BCUT2D eigenvalue weighted by Crippen LogP contribution is -2.44. The van der Waals surface area contributed by atoms with E-state index in [9.17, 15) is 19.2 Å². The van der Waals surface area contributed by atoms with E-state index in [1.165, 1.54) is 51.5 Å². The topological polar surface area (TPSA) is 99.2 Å². The molecule has 0 aliphatic carbocycles. The normalized spacial score (nSPS) is 13.7. The third kappa shape index (κ3) is 3.71. The van der Waals surface area contributed by atoms with Gasteiger partial charge in [-0.05, 0) is 37.3 Å². The Balaban J connectivity index is 1.84. The number of nitrogens with zero attached hydrogens (tertiary/aromatic N) is 1. The van der Waals surface area contributed by atoms with Crippen molar-refractivity contribution >= 4 is 47.0 Å². The number of carbonyl (C=O) groups is 4. The number of carbonyl (C=O) groups excluding carboxylic acids is 4. The van der Waals surface area contributed by atoms with Gasteiger partial charge in [-0.2, -0.15) is 0 Å². The van der Waals surface area contributed by atoms with Crippen molar-refractivity contribution in [3.05, 3.63) is 57.1 Å². The molecule has 0 spiro atoms. The molecule has 3 rings (SSSR count). The molecule has 2 amide bonds. The fourth-order valence-corrected chi connectivity index (χ4v) is 3.23. The number of amides is 2. The highest BCUT2D eigenvalue weighted by Gasteiger charge is 2.42. The third-order valence-corrected chi connectivity index (χ3v) is 5.20. The first kappa shape index (κ1) is 21.6. The van der Waals surface area contributed by atoms with Crippen LogP contribution in [-0.2, 0) is 9.53 Å². The van der Waals surface area contributed by atoms with Crippen LogP contribution in [0.15, 0.2) is 30.3 Å². The Hall–Kier alpha value is -3.10. The molecular weight excluding hydrogens is 437 g/mol. The van der Waals surface area contributed by atoms with Crippen molar-refractivity contribution < 1.29 is 33.4 Å². The first-order valence-electron chi connectivity index (χ1n) is 8.54. The van der Waals surface area contributed by atoms with Crippen LogP contribution in [0.2, 0.25) is 10.0 Å². The number of esters is 2. The summed E-state index contributed by atoms with van der Waals surface area (Å²) in [6.07, 6.45) is 0. The zero-order chi connectivity index (χ0) is 22.2. The number of halogens is 2. The molecule has 0 aromatic heterocycles. The molecule has 0 radical (unpaired) electrons. The summed E-state index contributed by atoms with van der Waals surface area (Å²) in [4.78, 5) is 50.4. The van der Waals surface area contributed by atoms with E-state index in [1.807, 2.05) is 0 Å². The number of hydrogen-bond donors (Lipinski definition) is 0. The minimum Gasteiger partial charge on any atom is -0.493 e. The molecule has 1 atom stereocenters. The summed E-state index contributed by atoms with van der Waals surface area (Å²) in [7, 11) is 2.56. The third-order valence-electron chi connectivity index (χ3n) is 4.48. The van der Waals surface area contributed by atoms with Gasteiger partial charge >= 0.3 is 11.9 Å². The van der Waals surface area contributed by atoms with E-state index < -0.39 is 29.8 Å². The molecule has 2 aromatic rings. The van der Waals surface area contributed by atoms with Crippen molar-refractivity contribution in [3.63, 3.8) is 0 Å². The molecule has 8 nitrogen and oxygen atoms in total. The molecule has 0 fully saturated rings. The lowest BCUT2D eigenvalue weighted by Gasteiger charge is -2.21. The van der Waals surface area contributed by atoms with Gasteiger partial charge in [0, 0.05) is 0 Å². The van der Waals surface area contributed by atoms with Crippen LogP contribution in [-0.4, -0.2) is 48.9 Å². The number of ether oxygens (including phenoxy) is 3. The van der Waals surface area contributed by atoms with E-state index in [1.54, 1.807) is 0 Å². The molecule has 2 aromatic carbocycles. The minimum atomic E-state index is -1.25. The Labute approximate surface area is 181 Å². The molecule has 0 bridgehead atoms. The number of imide groups is 1. The summed E-state index contributed by atoms with van der Waals surface area (Å²) in [5, 5.41) is 0.230. The highest BCUT2D eigenvalue weighted by Crippen LogP contribution is 2.33. The Bertz CT molecular complexity index is 1040. The smallest absolute Gasteiger partial charge is 0.337 e. The Morgan fingerprint density at radius 3 is 2.00 bits per heavy atom. The van der Waals surface area contributed by atoms with Crippen LogP contribution in [0.4, 0.5) is 0 Å². The summed E-state index contributed by atoms with van der Waals surface area (Å²) >= 11 is 11.9. The van der Waals surface area contributed by atoms with Crippen LogP contribution in [0, 0.1) is 0 Å². The van der Waals surface area contributed by atoms with Gasteiger partial charge in [0.1, 0.15) is 6.04 Å². The summed E-state index contributed by atoms with van der Waals surface area (Å²) in [5.41, 5.74) is 0.291. The number of hydrogen-bond acceptors (Lipinski definition) is 7. The lowest BCUT2D eigenvalue weighted by molar-refractivity contribution is -0.138. The van der Waals surface area contributed by atoms with Gasteiger partial charge in [-0.25, -0.2) is 9.59 Å². The number of fused-ring (bicyclic) bond motifs is 1. The summed E-state index contributed by atoms with van der Waals surface area (Å²) in [6, 6.07) is 5.38. The van der Waals surface area contributed by atoms with Crippen molar-refractivity contribution in [2.24, 2.45) is 0 Å². The molecule has 10 heteroatoms. The molecule has 156 valence electrons. The SMILES string of the molecule is COC(=O)c1ccc(OC(=O)[C@H](C)N2C(=O)c3cc(Cl)c(Cl)cc3C2=O)c(OC)c1. The van der Waals surface area contributed by atoms with Crippen molar-refractivity contribution in [2.75, 3.05) is 14.2 Å². The second-order valence-electron chi connectivity index (χ2n) is 6.25. The van der Waals surface area contributed by atoms with Gasteiger partial charge in [0.05, 0.1) is 41.0 Å². The molecule has 0 saturated heterocycles. The van der Waals surface area contributed by atoms with E-state index in [4.69, 9.17) is 32.7 Å². The molecule has 0 unspecified atom stereocenters. The summed E-state index contributed by atoms with van der Waals surface area (Å²) in [6.45, 7) is 1.35. The molecule has 1 aliphatic heterocycles. The zero-order valence-corrected chi connectivity index (χ0v) is 17.5. The van der Waals surface area contributed by atoms with E-state index in [0.29, 0.717) is 0 Å². The Kier molecular flexibility index (Phi) is 6.00. The van der Waals surface area contributed by atoms with Gasteiger partial charge < -0.3 is 14.2 Å². The zero-order valence-electron chi connectivity index (χ0n) is 16.0. The maximum Gasteiger partial charge on any atom is 0.337 e. The second kappa shape index (κ2) is 8.33. The number of rotatable bonds is 5. The van der Waals surface area contributed by atoms with E-state index in [-0.39, 0.29) is 38.2 Å². The van der Waals surface area contributed by atoms with E-state index >= 15 is 0 Å². The largest absolute Gasteiger partial charge is 0.493 e. The molecule has 30 heavy (non-hydrogen) atoms. The van der Waals surface area contributed by atoms with Gasteiger partial charge in [0.15, 0.2) is 11.5 Å². The minimum absolute atomic E-state index is 0.00435. The standard InChI is InChI=1S/C20H15Cl2NO7/c1-9(23-17(24)11-7-13(21)14(22)8-12(11)18(23)25)19(26)30-15-5-4-10(20(27)29-3)6-16(15)28-2/h4-9H,1-3H3/t9-/m0/s1. The molecule has 0 N–H and O–H groups in total. The first-order chi connectivity index (χ1) is 14.2. The predicted molar refractivity (Wildman–Crippen MR) is 106 cm³/mol. The van der Waals surface area contributed by atoms with E-state index in [0.717, 1.165) is 4.90 Å². The quantitative estimate of drug-likeness (QED) is 0.390. The first-order valence-corrected chi connectivity index (χ1v) is 9.30. The second-order valence-corrected chi connectivity index (χ2v) is 7.06. The van der Waals surface area contributed by atoms with Crippen molar-refractivity contribution in [3.8, 4) is 11.5 Å². The van der Waals surface area contributed by atoms with Crippen LogP contribution < -0.4 is 9.47 Å². The highest BCUT2D eigenvalue weighted by atomic mass is 35.5. The molecule has 0 saturated carbocycles. The monoisotopic (exact) mass is 451 g/mol. The molecule has 1 heterocycles. The van der Waals surface area contributed by atoms with Gasteiger partial charge in [0.2, 0.25) is 0 Å². The number of benzene rings is 2. The van der Waals surface area contributed by atoms with Gasteiger partial charge in [-0.15, -0.1) is 0 Å².